The van der Waals surface area contributed by atoms with E-state index in [0.29, 0.717) is 18.9 Å². The van der Waals surface area contributed by atoms with Gasteiger partial charge in [0.2, 0.25) is 0 Å². The van der Waals surface area contributed by atoms with E-state index in [1.165, 1.54) is 6.07 Å². The molecule has 1 heterocycles. The molecule has 0 atom stereocenters. The van der Waals surface area contributed by atoms with Gasteiger partial charge in [-0.2, -0.15) is 0 Å². The molecule has 0 spiro atoms. The molecule has 1 aromatic rings. The maximum atomic E-state index is 12.5. The van der Waals surface area contributed by atoms with Gasteiger partial charge in [-0.3, -0.25) is 14.9 Å². The molecule has 0 aromatic carbocycles. The summed E-state index contributed by atoms with van der Waals surface area (Å²) in [6.07, 6.45) is 3.09. The van der Waals surface area contributed by atoms with E-state index in [1.807, 2.05) is 13.8 Å². The fraction of sp³-hybridized carbons (Fsp3) is 0.538. The summed E-state index contributed by atoms with van der Waals surface area (Å²) in [7, 11) is 0. The molecule has 20 heavy (non-hydrogen) atoms. The predicted octanol–water partition coefficient (Wildman–Crippen LogP) is 2.05. The number of nitro groups is 1. The van der Waals surface area contributed by atoms with Crippen molar-refractivity contribution < 1.29 is 9.72 Å². The Bertz CT molecular complexity index is 528. The molecule has 1 aliphatic rings. The average molecular weight is 278 g/mol. The lowest BCUT2D eigenvalue weighted by molar-refractivity contribution is -0.385. The summed E-state index contributed by atoms with van der Waals surface area (Å²) in [5.41, 5.74) is -0.134. The second-order valence-electron chi connectivity index (χ2n) is 4.70. The normalized spacial score (nSPS) is 13.9. The molecule has 7 heteroatoms. The molecule has 1 N–H and O–H groups in total. The van der Waals surface area contributed by atoms with E-state index in [1.54, 1.807) is 4.90 Å². The quantitative estimate of drug-likeness (QED) is 0.635. The van der Waals surface area contributed by atoms with Crippen molar-refractivity contribution in [2.45, 2.75) is 32.7 Å². The highest BCUT2D eigenvalue weighted by atomic mass is 16.6. The first-order chi connectivity index (χ1) is 9.58. The van der Waals surface area contributed by atoms with Crippen LogP contribution in [0.2, 0.25) is 0 Å². The largest absolute Gasteiger partial charge is 0.370 e. The van der Waals surface area contributed by atoms with Crippen LogP contribution in [0.4, 0.5) is 11.5 Å². The predicted molar refractivity (Wildman–Crippen MR) is 74.8 cm³/mol. The van der Waals surface area contributed by atoms with Gasteiger partial charge >= 0.3 is 0 Å². The Labute approximate surface area is 117 Å². The summed E-state index contributed by atoms with van der Waals surface area (Å²) in [5.74, 6) is 0.191. The fourth-order valence-corrected chi connectivity index (χ4v) is 2.15. The van der Waals surface area contributed by atoms with Crippen molar-refractivity contribution in [1.29, 1.82) is 0 Å². The van der Waals surface area contributed by atoms with Crippen molar-refractivity contribution >= 4 is 17.4 Å². The number of carbonyl (C=O) groups excluding carboxylic acids is 1. The van der Waals surface area contributed by atoms with Gasteiger partial charge < -0.3 is 10.2 Å². The van der Waals surface area contributed by atoms with Crippen LogP contribution in [0, 0.1) is 10.1 Å². The topological polar surface area (TPSA) is 88.4 Å². The second-order valence-corrected chi connectivity index (χ2v) is 4.70. The Kier molecular flexibility index (Phi) is 4.16. The Morgan fingerprint density at radius 3 is 2.75 bits per heavy atom. The van der Waals surface area contributed by atoms with Crippen LogP contribution in [0.1, 0.15) is 37.0 Å². The third-order valence-electron chi connectivity index (χ3n) is 3.26. The first-order valence-corrected chi connectivity index (χ1v) is 6.77. The van der Waals surface area contributed by atoms with Crippen molar-refractivity contribution in [3.05, 3.63) is 27.9 Å². The van der Waals surface area contributed by atoms with Crippen molar-refractivity contribution in [2.24, 2.45) is 0 Å². The van der Waals surface area contributed by atoms with Crippen molar-refractivity contribution in [3.8, 4) is 0 Å². The number of hydrogen-bond donors (Lipinski definition) is 1. The average Bonchev–Trinajstić information content (AvgIpc) is 3.24. The summed E-state index contributed by atoms with van der Waals surface area (Å²) in [6.45, 7) is 4.97. The van der Waals surface area contributed by atoms with Crippen LogP contribution < -0.4 is 5.32 Å². The van der Waals surface area contributed by atoms with Gasteiger partial charge in [0.15, 0.2) is 0 Å². The van der Waals surface area contributed by atoms with Crippen LogP contribution in [0.3, 0.4) is 0 Å². The molecule has 108 valence electrons. The van der Waals surface area contributed by atoms with Crippen LogP contribution in [0.15, 0.2) is 12.3 Å². The van der Waals surface area contributed by atoms with Gasteiger partial charge in [0, 0.05) is 25.2 Å². The Hall–Kier alpha value is -2.18. The third kappa shape index (κ3) is 2.87. The van der Waals surface area contributed by atoms with Crippen LogP contribution in [0.5, 0.6) is 0 Å². The van der Waals surface area contributed by atoms with Crippen LogP contribution in [0.25, 0.3) is 0 Å². The van der Waals surface area contributed by atoms with Crippen LogP contribution in [-0.2, 0) is 0 Å². The molecule has 0 radical (unpaired) electrons. The first-order valence-electron chi connectivity index (χ1n) is 6.77. The zero-order valence-corrected chi connectivity index (χ0v) is 11.6. The van der Waals surface area contributed by atoms with Crippen LogP contribution in [-0.4, -0.2) is 39.8 Å². The summed E-state index contributed by atoms with van der Waals surface area (Å²) in [6, 6.07) is 1.69. The number of rotatable bonds is 6. The molecule has 2 rings (SSSR count). The number of anilines is 1. The molecular weight excluding hydrogens is 260 g/mol. The summed E-state index contributed by atoms with van der Waals surface area (Å²) in [4.78, 5) is 28.7. The summed E-state index contributed by atoms with van der Waals surface area (Å²) < 4.78 is 0. The van der Waals surface area contributed by atoms with Gasteiger partial charge in [0.25, 0.3) is 11.6 Å². The number of pyridine rings is 1. The molecule has 0 aliphatic heterocycles. The number of aromatic nitrogens is 1. The van der Waals surface area contributed by atoms with E-state index < -0.39 is 4.92 Å². The Morgan fingerprint density at radius 2 is 2.25 bits per heavy atom. The number of carbonyl (C=O) groups is 1. The minimum Gasteiger partial charge on any atom is -0.370 e. The van der Waals surface area contributed by atoms with E-state index in [2.05, 4.69) is 10.3 Å². The molecule has 0 bridgehead atoms. The van der Waals surface area contributed by atoms with E-state index >= 15 is 0 Å². The monoisotopic (exact) mass is 278 g/mol. The van der Waals surface area contributed by atoms with E-state index in [-0.39, 0.29) is 23.2 Å². The number of hydrogen-bond acceptors (Lipinski definition) is 5. The lowest BCUT2D eigenvalue weighted by Crippen LogP contribution is -2.33. The molecule has 1 saturated carbocycles. The summed E-state index contributed by atoms with van der Waals surface area (Å²) in [5, 5.41) is 14.0. The molecule has 1 aromatic heterocycles. The standard InChI is InChI=1S/C13H18N4O3/c1-3-14-12-7-10(11(8-15-12)17(19)20)13(18)16(4-2)9-5-6-9/h7-9H,3-6H2,1-2H3,(H,14,15). The highest BCUT2D eigenvalue weighted by Crippen LogP contribution is 2.30. The lowest BCUT2D eigenvalue weighted by atomic mass is 10.2. The SMILES string of the molecule is CCNc1cc(C(=O)N(CC)C2CC2)c([N+](=O)[O-])cn1. The Morgan fingerprint density at radius 1 is 1.55 bits per heavy atom. The molecule has 0 unspecified atom stereocenters. The van der Waals surface area contributed by atoms with E-state index in [0.717, 1.165) is 19.0 Å². The van der Waals surface area contributed by atoms with Crippen molar-refractivity contribution in [2.75, 3.05) is 18.4 Å². The van der Waals surface area contributed by atoms with Crippen molar-refractivity contribution in [3.63, 3.8) is 0 Å². The fourth-order valence-electron chi connectivity index (χ4n) is 2.15. The highest BCUT2D eigenvalue weighted by molar-refractivity contribution is 5.99. The van der Waals surface area contributed by atoms with Gasteiger partial charge in [-0.15, -0.1) is 0 Å². The Balaban J connectivity index is 2.37. The first kappa shape index (κ1) is 14.2. The molecule has 7 nitrogen and oxygen atoms in total. The second kappa shape index (κ2) is 5.85. The van der Waals surface area contributed by atoms with Gasteiger partial charge in [0.05, 0.1) is 4.92 Å². The highest BCUT2D eigenvalue weighted by Gasteiger charge is 2.34. The maximum Gasteiger partial charge on any atom is 0.300 e. The van der Waals surface area contributed by atoms with Gasteiger partial charge in [-0.05, 0) is 26.7 Å². The summed E-state index contributed by atoms with van der Waals surface area (Å²) >= 11 is 0. The van der Waals surface area contributed by atoms with Crippen LogP contribution >= 0.6 is 0 Å². The van der Waals surface area contributed by atoms with Gasteiger partial charge in [-0.1, -0.05) is 0 Å². The van der Waals surface area contributed by atoms with Gasteiger partial charge in [0.1, 0.15) is 17.6 Å². The number of nitrogens with one attached hydrogen (secondary N) is 1. The lowest BCUT2D eigenvalue weighted by Gasteiger charge is -2.20. The number of amides is 1. The van der Waals surface area contributed by atoms with Gasteiger partial charge in [-0.25, -0.2) is 4.98 Å². The molecule has 1 fully saturated rings. The minimum absolute atomic E-state index is 0.106. The molecular formula is C13H18N4O3. The zero-order chi connectivity index (χ0) is 14.7. The number of nitrogens with zero attached hydrogens (tertiary/aromatic N) is 3. The molecule has 1 aliphatic carbocycles. The van der Waals surface area contributed by atoms with Crippen molar-refractivity contribution in [1.82, 2.24) is 9.88 Å². The minimum atomic E-state index is -0.559. The van der Waals surface area contributed by atoms with E-state index in [4.69, 9.17) is 0 Å². The molecule has 1 amide bonds. The zero-order valence-electron chi connectivity index (χ0n) is 11.6. The maximum absolute atomic E-state index is 12.5. The van der Waals surface area contributed by atoms with E-state index in [9.17, 15) is 14.9 Å². The third-order valence-corrected chi connectivity index (χ3v) is 3.26. The smallest absolute Gasteiger partial charge is 0.300 e. The molecule has 0 saturated heterocycles.